The molecule has 0 aromatic heterocycles. The number of nitro groups is 1. The molecule has 4 rings (SSSR count). The van der Waals surface area contributed by atoms with Crippen LogP contribution in [0, 0.1) is 10.1 Å². The fraction of sp³-hybridized carbons (Fsp3) is 0.0800. The zero-order valence-corrected chi connectivity index (χ0v) is 18.7. The Morgan fingerprint density at radius 1 is 0.971 bits per heavy atom. The van der Waals surface area contributed by atoms with Crippen molar-refractivity contribution in [3.05, 3.63) is 99.6 Å². The minimum Gasteiger partial charge on any atom is -0.465 e. The second-order valence-electron chi connectivity index (χ2n) is 7.45. The molecule has 0 saturated carbocycles. The van der Waals surface area contributed by atoms with E-state index < -0.39 is 22.8 Å². The molecule has 0 atom stereocenters. The van der Waals surface area contributed by atoms with Crippen LogP contribution < -0.4 is 10.4 Å². The Kier molecular flexibility index (Phi) is 6.27. The first kappa shape index (κ1) is 23.2. The summed E-state index contributed by atoms with van der Waals surface area (Å²) in [5.74, 6) is -1.92. The van der Waals surface area contributed by atoms with Crippen molar-refractivity contribution in [2.75, 3.05) is 17.5 Å². The minimum atomic E-state index is -0.760. The maximum atomic E-state index is 13.5. The monoisotopic (exact) mass is 473 g/mol. The Morgan fingerprint density at radius 2 is 1.66 bits per heavy atom. The lowest BCUT2D eigenvalue weighted by atomic mass is 9.99. The number of carbonyl (C=O) groups is 3. The fourth-order valence-electron chi connectivity index (χ4n) is 3.64. The van der Waals surface area contributed by atoms with Crippen LogP contribution in [0.1, 0.15) is 28.4 Å². The number of non-ortho nitro benzene ring substituents is 1. The van der Waals surface area contributed by atoms with E-state index in [1.165, 1.54) is 25.3 Å². The van der Waals surface area contributed by atoms with Gasteiger partial charge in [-0.2, -0.15) is 0 Å². The van der Waals surface area contributed by atoms with Crippen LogP contribution in [0.15, 0.2) is 72.8 Å². The second-order valence-corrected chi connectivity index (χ2v) is 7.45. The number of hydrogen-bond donors (Lipinski definition) is 1. The summed E-state index contributed by atoms with van der Waals surface area (Å²) in [7, 11) is 1.29. The highest BCUT2D eigenvalue weighted by molar-refractivity contribution is 6.38. The van der Waals surface area contributed by atoms with Gasteiger partial charge in [-0.3, -0.25) is 14.9 Å². The maximum Gasteiger partial charge on any atom is 0.337 e. The molecule has 0 spiro atoms. The average molecular weight is 473 g/mol. The third kappa shape index (κ3) is 4.58. The van der Waals surface area contributed by atoms with Crippen molar-refractivity contribution in [2.45, 2.75) is 6.92 Å². The molecule has 0 unspecified atom stereocenters. The van der Waals surface area contributed by atoms with Gasteiger partial charge in [0.1, 0.15) is 0 Å². The Bertz CT molecular complexity index is 1370. The van der Waals surface area contributed by atoms with Gasteiger partial charge in [0.2, 0.25) is 0 Å². The van der Waals surface area contributed by atoms with Crippen molar-refractivity contribution >= 4 is 46.2 Å². The third-order valence-electron chi connectivity index (χ3n) is 5.19. The van der Waals surface area contributed by atoms with Crippen LogP contribution in [-0.2, 0) is 19.2 Å². The quantitative estimate of drug-likeness (QED) is 0.244. The normalized spacial score (nSPS) is 13.7. The topological polar surface area (TPSA) is 128 Å². The first-order chi connectivity index (χ1) is 16.8. The molecule has 1 aliphatic heterocycles. The Hall–Kier alpha value is -4.99. The molecule has 3 aromatic carbocycles. The number of nitrogens with one attached hydrogen (secondary N) is 1. The number of nitrogens with zero attached hydrogens (tertiary/aromatic N) is 2. The molecule has 3 aromatic rings. The molecular weight excluding hydrogens is 454 g/mol. The van der Waals surface area contributed by atoms with E-state index in [0.717, 1.165) is 12.0 Å². The number of ether oxygens (including phenoxy) is 1. The van der Waals surface area contributed by atoms with Crippen LogP contribution >= 0.6 is 0 Å². The number of amides is 1. The van der Waals surface area contributed by atoms with Gasteiger partial charge >= 0.3 is 11.9 Å². The number of carbonyl (C=O) groups excluding carboxylic acids is 3. The number of benzene rings is 3. The molecule has 1 aliphatic rings. The third-order valence-corrected chi connectivity index (χ3v) is 5.19. The first-order valence-electron chi connectivity index (χ1n) is 10.4. The number of nitro benzene ring substituents is 1. The van der Waals surface area contributed by atoms with Gasteiger partial charge in [0.25, 0.3) is 11.6 Å². The summed E-state index contributed by atoms with van der Waals surface area (Å²) in [4.78, 5) is 52.8. The Balaban J connectivity index is 1.89. The van der Waals surface area contributed by atoms with Gasteiger partial charge < -0.3 is 14.9 Å². The zero-order chi connectivity index (χ0) is 25.1. The summed E-state index contributed by atoms with van der Waals surface area (Å²) in [6.45, 7) is 1.13. The molecule has 1 heterocycles. The van der Waals surface area contributed by atoms with E-state index >= 15 is 0 Å². The van der Waals surface area contributed by atoms with E-state index in [4.69, 9.17) is 9.57 Å². The van der Waals surface area contributed by atoms with Gasteiger partial charge in [0.15, 0.2) is 0 Å². The highest BCUT2D eigenvalue weighted by Crippen LogP contribution is 2.43. The predicted molar refractivity (Wildman–Crippen MR) is 127 cm³/mol. The molecular formula is C25H19N3O7. The van der Waals surface area contributed by atoms with Gasteiger partial charge in [-0.25, -0.2) is 9.59 Å². The molecule has 10 heteroatoms. The summed E-state index contributed by atoms with van der Waals surface area (Å²) in [5, 5.41) is 15.3. The number of rotatable bonds is 6. The van der Waals surface area contributed by atoms with Crippen molar-refractivity contribution in [1.82, 2.24) is 0 Å². The summed E-state index contributed by atoms with van der Waals surface area (Å²) < 4.78 is 4.72. The van der Waals surface area contributed by atoms with Crippen molar-refractivity contribution in [3.8, 4) is 0 Å². The van der Waals surface area contributed by atoms with Crippen molar-refractivity contribution < 1.29 is 28.9 Å². The molecule has 1 N–H and O–H groups in total. The molecule has 176 valence electrons. The van der Waals surface area contributed by atoms with Gasteiger partial charge in [0, 0.05) is 30.3 Å². The summed E-state index contributed by atoms with van der Waals surface area (Å²) in [6, 6.07) is 19.3. The van der Waals surface area contributed by atoms with Crippen LogP contribution in [-0.4, -0.2) is 29.9 Å². The van der Waals surface area contributed by atoms with Crippen LogP contribution in [0.5, 0.6) is 0 Å². The lowest BCUT2D eigenvalue weighted by molar-refractivity contribution is -0.384. The van der Waals surface area contributed by atoms with Crippen molar-refractivity contribution in [1.29, 1.82) is 0 Å². The summed E-state index contributed by atoms with van der Waals surface area (Å²) in [6.07, 6.45) is 0. The largest absolute Gasteiger partial charge is 0.465 e. The summed E-state index contributed by atoms with van der Waals surface area (Å²) >= 11 is 0. The van der Waals surface area contributed by atoms with Gasteiger partial charge in [-0.1, -0.05) is 30.3 Å². The SMILES string of the molecule is COC(=O)c1ccc(NC(=C2C(=O)N(OC(C)=O)c3cc([N+](=O)[O-])ccc32)c2ccccc2)cc1. The van der Waals surface area contributed by atoms with Crippen molar-refractivity contribution in [2.24, 2.45) is 0 Å². The first-order valence-corrected chi connectivity index (χ1v) is 10.4. The van der Waals surface area contributed by atoms with E-state index in [0.29, 0.717) is 28.1 Å². The highest BCUT2D eigenvalue weighted by Gasteiger charge is 2.39. The fourth-order valence-corrected chi connectivity index (χ4v) is 3.64. The Labute approximate surface area is 199 Å². The molecule has 0 saturated heterocycles. The molecule has 0 fully saturated rings. The number of hydrogen-bond acceptors (Lipinski definition) is 8. The van der Waals surface area contributed by atoms with Crippen LogP contribution in [0.2, 0.25) is 0 Å². The number of hydroxylamine groups is 1. The second kappa shape index (κ2) is 9.48. The summed E-state index contributed by atoms with van der Waals surface area (Å²) in [5.41, 5.74) is 2.24. The van der Waals surface area contributed by atoms with E-state index in [-0.39, 0.29) is 16.9 Å². The highest BCUT2D eigenvalue weighted by atomic mass is 16.7. The zero-order valence-electron chi connectivity index (χ0n) is 18.7. The van der Waals surface area contributed by atoms with E-state index in [9.17, 15) is 24.5 Å². The van der Waals surface area contributed by atoms with Gasteiger partial charge in [-0.15, -0.1) is 5.06 Å². The van der Waals surface area contributed by atoms with Crippen LogP contribution in [0.4, 0.5) is 17.1 Å². The molecule has 1 amide bonds. The molecule has 0 bridgehead atoms. The van der Waals surface area contributed by atoms with E-state index in [1.807, 2.05) is 6.07 Å². The number of methoxy groups -OCH3 is 1. The maximum absolute atomic E-state index is 13.5. The van der Waals surface area contributed by atoms with Crippen molar-refractivity contribution in [3.63, 3.8) is 0 Å². The smallest absolute Gasteiger partial charge is 0.337 e. The van der Waals surface area contributed by atoms with Crippen LogP contribution in [0.25, 0.3) is 11.3 Å². The lowest BCUT2D eigenvalue weighted by Gasteiger charge is -2.16. The number of esters is 1. The molecule has 35 heavy (non-hydrogen) atoms. The van der Waals surface area contributed by atoms with E-state index in [2.05, 4.69) is 5.32 Å². The molecule has 10 nitrogen and oxygen atoms in total. The van der Waals surface area contributed by atoms with Gasteiger partial charge in [-0.05, 0) is 35.9 Å². The molecule has 0 aliphatic carbocycles. The molecule has 0 radical (unpaired) electrons. The van der Waals surface area contributed by atoms with Crippen LogP contribution in [0.3, 0.4) is 0 Å². The lowest BCUT2D eigenvalue weighted by Crippen LogP contribution is -2.29. The number of anilines is 2. The van der Waals surface area contributed by atoms with E-state index in [1.54, 1.807) is 48.5 Å². The Morgan fingerprint density at radius 3 is 2.26 bits per heavy atom. The number of fused-ring (bicyclic) bond motifs is 1. The predicted octanol–water partition coefficient (Wildman–Crippen LogP) is 4.19. The average Bonchev–Trinajstić information content (AvgIpc) is 3.12. The van der Waals surface area contributed by atoms with Gasteiger partial charge in [0.05, 0.1) is 34.6 Å². The minimum absolute atomic E-state index is 0.0747. The standard InChI is InChI=1S/C25H19N3O7/c1-15(29)35-27-21-14-19(28(32)33)12-13-20(21)22(24(27)30)23(16-6-4-3-5-7-16)26-18-10-8-17(9-11-18)25(31)34-2/h3-14,26H,1-2H3.